The van der Waals surface area contributed by atoms with Gasteiger partial charge in [0.1, 0.15) is 5.82 Å². The minimum absolute atomic E-state index is 0.485. The Bertz CT molecular complexity index is 939. The summed E-state index contributed by atoms with van der Waals surface area (Å²) in [7, 11) is 4.78. The van der Waals surface area contributed by atoms with Gasteiger partial charge in [-0.3, -0.25) is 4.98 Å². The van der Waals surface area contributed by atoms with Gasteiger partial charge in [-0.2, -0.15) is 5.10 Å². The van der Waals surface area contributed by atoms with Crippen molar-refractivity contribution in [3.8, 4) is 23.1 Å². The largest absolute Gasteiger partial charge is 0.493 e. The van der Waals surface area contributed by atoms with Crippen LogP contribution in [0.15, 0.2) is 30.6 Å². The summed E-state index contributed by atoms with van der Waals surface area (Å²) in [5, 5.41) is 7.71. The molecule has 0 atom stereocenters. The molecule has 0 amide bonds. The fraction of sp³-hybridized carbons (Fsp3) is 0.316. The standard InChI is InChI=1S/C19H23N5O3/c1-12-8-13(2)24(23-12)17-11-20-10-16(22-17)21-9-14-6-7-15(25-3)19(27-5)18(14)26-4/h6-8,10-11H,9H2,1-5H3,(H,21,22). The van der Waals surface area contributed by atoms with Gasteiger partial charge < -0.3 is 19.5 Å². The summed E-state index contributed by atoms with van der Waals surface area (Å²) in [6.45, 7) is 4.41. The number of anilines is 1. The molecule has 8 nitrogen and oxygen atoms in total. The fourth-order valence-corrected chi connectivity index (χ4v) is 2.89. The maximum atomic E-state index is 5.51. The van der Waals surface area contributed by atoms with Gasteiger partial charge in [0.25, 0.3) is 0 Å². The van der Waals surface area contributed by atoms with E-state index in [1.807, 2.05) is 32.0 Å². The van der Waals surface area contributed by atoms with Gasteiger partial charge in [0, 0.05) is 17.8 Å². The lowest BCUT2D eigenvalue weighted by Gasteiger charge is -2.16. The molecular weight excluding hydrogens is 346 g/mol. The Labute approximate surface area is 158 Å². The number of hydrogen-bond donors (Lipinski definition) is 1. The number of aryl methyl sites for hydroxylation is 2. The molecule has 0 aliphatic rings. The molecule has 3 rings (SSSR count). The molecule has 0 fully saturated rings. The van der Waals surface area contributed by atoms with Gasteiger partial charge in [-0.25, -0.2) is 9.67 Å². The van der Waals surface area contributed by atoms with Crippen LogP contribution in [0.5, 0.6) is 17.2 Å². The van der Waals surface area contributed by atoms with Gasteiger partial charge in [0.2, 0.25) is 5.75 Å². The van der Waals surface area contributed by atoms with Crippen molar-refractivity contribution in [3.05, 3.63) is 47.5 Å². The van der Waals surface area contributed by atoms with Crippen LogP contribution in [-0.4, -0.2) is 41.1 Å². The molecule has 142 valence electrons. The minimum Gasteiger partial charge on any atom is -0.493 e. The van der Waals surface area contributed by atoms with E-state index >= 15 is 0 Å². The molecule has 0 bridgehead atoms. The smallest absolute Gasteiger partial charge is 0.203 e. The van der Waals surface area contributed by atoms with E-state index in [4.69, 9.17) is 14.2 Å². The molecule has 0 saturated carbocycles. The van der Waals surface area contributed by atoms with E-state index in [-0.39, 0.29) is 0 Å². The van der Waals surface area contributed by atoms with E-state index in [0.29, 0.717) is 35.4 Å². The molecule has 0 saturated heterocycles. The summed E-state index contributed by atoms with van der Waals surface area (Å²) in [5.41, 5.74) is 2.84. The summed E-state index contributed by atoms with van der Waals surface area (Å²) in [6, 6.07) is 5.76. The average molecular weight is 369 g/mol. The predicted octanol–water partition coefficient (Wildman–Crippen LogP) is 2.92. The Morgan fingerprint density at radius 3 is 2.41 bits per heavy atom. The van der Waals surface area contributed by atoms with Crippen molar-refractivity contribution in [2.75, 3.05) is 26.6 Å². The van der Waals surface area contributed by atoms with Crippen molar-refractivity contribution in [2.24, 2.45) is 0 Å². The van der Waals surface area contributed by atoms with Gasteiger partial charge >= 0.3 is 0 Å². The molecule has 0 aliphatic carbocycles. The van der Waals surface area contributed by atoms with E-state index in [9.17, 15) is 0 Å². The molecule has 2 aromatic heterocycles. The first-order valence-electron chi connectivity index (χ1n) is 8.44. The molecule has 1 aromatic carbocycles. The number of aromatic nitrogens is 4. The maximum Gasteiger partial charge on any atom is 0.203 e. The Hall–Kier alpha value is -3.29. The number of methoxy groups -OCH3 is 3. The van der Waals surface area contributed by atoms with Crippen LogP contribution in [0.25, 0.3) is 5.82 Å². The molecule has 0 unspecified atom stereocenters. The number of benzene rings is 1. The first-order chi connectivity index (χ1) is 13.1. The third kappa shape index (κ3) is 3.79. The minimum atomic E-state index is 0.485. The molecule has 0 spiro atoms. The third-order valence-electron chi connectivity index (χ3n) is 4.09. The van der Waals surface area contributed by atoms with Crippen molar-refractivity contribution in [3.63, 3.8) is 0 Å². The number of hydrogen-bond acceptors (Lipinski definition) is 7. The Balaban J connectivity index is 1.83. The van der Waals surface area contributed by atoms with Crippen molar-refractivity contribution in [1.82, 2.24) is 19.7 Å². The van der Waals surface area contributed by atoms with Gasteiger partial charge in [-0.05, 0) is 32.0 Å². The summed E-state index contributed by atoms with van der Waals surface area (Å²) >= 11 is 0. The zero-order valence-corrected chi connectivity index (χ0v) is 16.1. The molecule has 3 aromatic rings. The number of ether oxygens (including phenoxy) is 3. The molecule has 27 heavy (non-hydrogen) atoms. The molecule has 0 radical (unpaired) electrons. The first kappa shape index (κ1) is 18.5. The highest BCUT2D eigenvalue weighted by Crippen LogP contribution is 2.39. The molecule has 0 aliphatic heterocycles. The van der Waals surface area contributed by atoms with Gasteiger partial charge in [-0.15, -0.1) is 0 Å². The van der Waals surface area contributed by atoms with Crippen LogP contribution in [-0.2, 0) is 6.54 Å². The monoisotopic (exact) mass is 369 g/mol. The van der Waals surface area contributed by atoms with Crippen LogP contribution in [0.3, 0.4) is 0 Å². The molecular formula is C19H23N5O3. The lowest BCUT2D eigenvalue weighted by atomic mass is 10.1. The predicted molar refractivity (Wildman–Crippen MR) is 102 cm³/mol. The lowest BCUT2D eigenvalue weighted by molar-refractivity contribution is 0.322. The summed E-state index contributed by atoms with van der Waals surface area (Å²) in [5.74, 6) is 3.08. The average Bonchev–Trinajstić information content (AvgIpc) is 3.03. The summed E-state index contributed by atoms with van der Waals surface area (Å²) in [4.78, 5) is 8.86. The Morgan fingerprint density at radius 2 is 1.78 bits per heavy atom. The number of rotatable bonds is 7. The van der Waals surface area contributed by atoms with Crippen LogP contribution in [0.4, 0.5) is 5.82 Å². The van der Waals surface area contributed by atoms with E-state index < -0.39 is 0 Å². The highest BCUT2D eigenvalue weighted by molar-refractivity contribution is 5.56. The quantitative estimate of drug-likeness (QED) is 0.685. The summed E-state index contributed by atoms with van der Waals surface area (Å²) in [6.07, 6.45) is 3.35. The Kier molecular flexibility index (Phi) is 5.44. The molecule has 8 heteroatoms. The second-order valence-electron chi connectivity index (χ2n) is 5.95. The van der Waals surface area contributed by atoms with Gasteiger partial charge in [0.05, 0.1) is 39.4 Å². The lowest BCUT2D eigenvalue weighted by Crippen LogP contribution is -2.08. The molecule has 1 N–H and O–H groups in total. The van der Waals surface area contributed by atoms with Crippen LogP contribution >= 0.6 is 0 Å². The van der Waals surface area contributed by atoms with E-state index in [0.717, 1.165) is 17.0 Å². The van der Waals surface area contributed by atoms with Crippen LogP contribution in [0, 0.1) is 13.8 Å². The third-order valence-corrected chi connectivity index (χ3v) is 4.09. The van der Waals surface area contributed by atoms with Crippen molar-refractivity contribution in [2.45, 2.75) is 20.4 Å². The highest BCUT2D eigenvalue weighted by atomic mass is 16.5. The van der Waals surface area contributed by atoms with Crippen LogP contribution in [0.1, 0.15) is 17.0 Å². The number of nitrogens with zero attached hydrogens (tertiary/aromatic N) is 4. The van der Waals surface area contributed by atoms with Gasteiger partial charge in [-0.1, -0.05) is 0 Å². The Morgan fingerprint density at radius 1 is 1.00 bits per heavy atom. The maximum absolute atomic E-state index is 5.51. The van der Waals surface area contributed by atoms with Crippen molar-refractivity contribution < 1.29 is 14.2 Å². The van der Waals surface area contributed by atoms with E-state index in [1.54, 1.807) is 38.4 Å². The first-order valence-corrected chi connectivity index (χ1v) is 8.44. The van der Waals surface area contributed by atoms with E-state index in [1.165, 1.54) is 0 Å². The SMILES string of the molecule is COc1ccc(CNc2cncc(-n3nc(C)cc3C)n2)c(OC)c1OC. The summed E-state index contributed by atoms with van der Waals surface area (Å²) < 4.78 is 18.0. The second kappa shape index (κ2) is 7.94. The number of nitrogens with one attached hydrogen (secondary N) is 1. The normalized spacial score (nSPS) is 10.6. The van der Waals surface area contributed by atoms with Gasteiger partial charge in [0.15, 0.2) is 17.3 Å². The van der Waals surface area contributed by atoms with Crippen LogP contribution in [0.2, 0.25) is 0 Å². The zero-order valence-electron chi connectivity index (χ0n) is 16.1. The van der Waals surface area contributed by atoms with Crippen molar-refractivity contribution >= 4 is 5.82 Å². The second-order valence-corrected chi connectivity index (χ2v) is 5.95. The fourth-order valence-electron chi connectivity index (χ4n) is 2.89. The topological polar surface area (TPSA) is 83.3 Å². The van der Waals surface area contributed by atoms with Crippen LogP contribution < -0.4 is 19.5 Å². The van der Waals surface area contributed by atoms with E-state index in [2.05, 4.69) is 20.4 Å². The highest BCUT2D eigenvalue weighted by Gasteiger charge is 2.16. The zero-order chi connectivity index (χ0) is 19.4. The molecule has 2 heterocycles. The van der Waals surface area contributed by atoms with Crippen molar-refractivity contribution in [1.29, 1.82) is 0 Å².